The van der Waals surface area contributed by atoms with Crippen molar-refractivity contribution in [1.29, 1.82) is 0 Å². The van der Waals surface area contributed by atoms with Gasteiger partial charge in [-0.3, -0.25) is 14.2 Å². The Labute approximate surface area is 196 Å². The number of hydrogen-bond acceptors (Lipinski definition) is 7. The molecule has 2 aromatic heterocycles. The minimum Gasteiger partial charge on any atom is -0.350 e. The molecule has 1 amide bonds. The van der Waals surface area contributed by atoms with Gasteiger partial charge in [-0.05, 0) is 31.4 Å². The van der Waals surface area contributed by atoms with Gasteiger partial charge in [0.1, 0.15) is 6.04 Å². The number of hydrogen-bond donors (Lipinski definition) is 2. The number of nitrogens with zero attached hydrogens (tertiary/aromatic N) is 4. The van der Waals surface area contributed by atoms with E-state index in [2.05, 4.69) is 20.6 Å². The van der Waals surface area contributed by atoms with Gasteiger partial charge in [0.05, 0.1) is 6.04 Å². The highest BCUT2D eigenvalue weighted by Crippen LogP contribution is 2.35. The molecule has 0 spiro atoms. The zero-order chi connectivity index (χ0) is 23.9. The standard InChI is InChI=1S/C22H23F3N6O2S/c23-22(24,25)20-29-18-16(19(33)31(20)14-8-9-26-12-14)28-21(34-18)30-10-4-7-15(30)17(32)27-11-13-5-2-1-3-6-13/h1-3,5-6,14-15,26H,4,7-12H2,(H,27,32)/t14-,15?/m0/s1. The summed E-state index contributed by atoms with van der Waals surface area (Å²) in [5.41, 5.74) is 0.0827. The third-order valence-corrected chi connectivity index (χ3v) is 7.21. The van der Waals surface area contributed by atoms with Crippen LogP contribution in [-0.2, 0) is 17.5 Å². The lowest BCUT2D eigenvalue weighted by Crippen LogP contribution is -2.43. The van der Waals surface area contributed by atoms with Gasteiger partial charge in [0, 0.05) is 19.6 Å². The maximum Gasteiger partial charge on any atom is 0.449 e. The number of fused-ring (bicyclic) bond motifs is 1. The van der Waals surface area contributed by atoms with E-state index >= 15 is 0 Å². The van der Waals surface area contributed by atoms with Crippen LogP contribution in [0.5, 0.6) is 0 Å². The number of benzene rings is 1. The van der Waals surface area contributed by atoms with Crippen LogP contribution < -0.4 is 21.1 Å². The highest BCUT2D eigenvalue weighted by Gasteiger charge is 2.41. The van der Waals surface area contributed by atoms with Crippen molar-refractivity contribution in [1.82, 2.24) is 25.2 Å². The van der Waals surface area contributed by atoms with Crippen LogP contribution in [0.2, 0.25) is 0 Å². The lowest BCUT2D eigenvalue weighted by Gasteiger charge is -2.23. The van der Waals surface area contributed by atoms with E-state index in [0.29, 0.717) is 37.6 Å². The molecule has 34 heavy (non-hydrogen) atoms. The summed E-state index contributed by atoms with van der Waals surface area (Å²) in [7, 11) is 0. The van der Waals surface area contributed by atoms with Gasteiger partial charge in [0.2, 0.25) is 11.7 Å². The van der Waals surface area contributed by atoms with Crippen molar-refractivity contribution in [3.8, 4) is 0 Å². The molecule has 3 aromatic rings. The fourth-order valence-corrected chi connectivity index (χ4v) is 5.58. The van der Waals surface area contributed by atoms with Gasteiger partial charge in [-0.15, -0.1) is 0 Å². The van der Waals surface area contributed by atoms with E-state index < -0.39 is 29.6 Å². The van der Waals surface area contributed by atoms with Crippen LogP contribution in [0.1, 0.15) is 36.7 Å². The first-order chi connectivity index (χ1) is 16.3. The minimum absolute atomic E-state index is 0.0649. The molecule has 0 saturated carbocycles. The van der Waals surface area contributed by atoms with E-state index in [1.165, 1.54) is 0 Å². The molecular formula is C22H23F3N6O2S. The van der Waals surface area contributed by atoms with Crippen molar-refractivity contribution < 1.29 is 18.0 Å². The summed E-state index contributed by atoms with van der Waals surface area (Å²) in [6.07, 6.45) is -3.04. The Hall–Kier alpha value is -2.99. The molecular weight excluding hydrogens is 469 g/mol. The third-order valence-electron chi connectivity index (χ3n) is 6.22. The number of amides is 1. The van der Waals surface area contributed by atoms with Crippen molar-refractivity contribution >= 4 is 32.7 Å². The summed E-state index contributed by atoms with van der Waals surface area (Å²) in [5, 5.41) is 6.25. The van der Waals surface area contributed by atoms with Crippen LogP contribution in [0, 0.1) is 0 Å². The summed E-state index contributed by atoms with van der Waals surface area (Å²) < 4.78 is 42.1. The van der Waals surface area contributed by atoms with Crippen LogP contribution in [0.3, 0.4) is 0 Å². The minimum atomic E-state index is -4.77. The highest BCUT2D eigenvalue weighted by molar-refractivity contribution is 7.21. The summed E-state index contributed by atoms with van der Waals surface area (Å²) >= 11 is 0.921. The van der Waals surface area contributed by atoms with Crippen molar-refractivity contribution in [2.45, 2.75) is 44.1 Å². The smallest absolute Gasteiger partial charge is 0.350 e. The molecule has 2 N–H and O–H groups in total. The predicted octanol–water partition coefficient (Wildman–Crippen LogP) is 2.69. The van der Waals surface area contributed by atoms with Gasteiger partial charge in [-0.25, -0.2) is 9.97 Å². The number of alkyl halides is 3. The number of carbonyl (C=O) groups excluding carboxylic acids is 1. The number of rotatable bonds is 5. The molecule has 0 radical (unpaired) electrons. The number of aromatic nitrogens is 3. The second kappa shape index (κ2) is 8.99. The number of halogens is 3. The fourth-order valence-electron chi connectivity index (χ4n) is 4.57. The van der Waals surface area contributed by atoms with Gasteiger partial charge in [0.15, 0.2) is 15.5 Å². The van der Waals surface area contributed by atoms with Gasteiger partial charge < -0.3 is 15.5 Å². The second-order valence-electron chi connectivity index (χ2n) is 8.46. The fraction of sp³-hybridized carbons (Fsp3) is 0.455. The largest absolute Gasteiger partial charge is 0.449 e. The first kappa shape index (κ1) is 22.8. The van der Waals surface area contributed by atoms with Crippen molar-refractivity contribution in [3.63, 3.8) is 0 Å². The lowest BCUT2D eigenvalue weighted by molar-refractivity contribution is -0.148. The Kier molecular flexibility index (Phi) is 6.02. The van der Waals surface area contributed by atoms with Crippen LogP contribution in [0.15, 0.2) is 35.1 Å². The Morgan fingerprint density at radius 2 is 2.00 bits per heavy atom. The topological polar surface area (TPSA) is 92.2 Å². The van der Waals surface area contributed by atoms with Crippen molar-refractivity contribution in [2.24, 2.45) is 0 Å². The van der Waals surface area contributed by atoms with Crippen LogP contribution >= 0.6 is 11.3 Å². The molecule has 0 aliphatic carbocycles. The summed E-state index contributed by atoms with van der Waals surface area (Å²) in [4.78, 5) is 35.9. The Bertz CT molecular complexity index is 1250. The van der Waals surface area contributed by atoms with Crippen LogP contribution in [-0.4, -0.2) is 46.1 Å². The summed E-state index contributed by atoms with van der Waals surface area (Å²) in [6, 6.07) is 8.36. The van der Waals surface area contributed by atoms with E-state index in [4.69, 9.17) is 0 Å². The van der Waals surface area contributed by atoms with E-state index in [9.17, 15) is 22.8 Å². The molecule has 1 aromatic carbocycles. The van der Waals surface area contributed by atoms with Crippen LogP contribution in [0.4, 0.5) is 18.3 Å². The number of thiazole rings is 1. The molecule has 2 aliphatic rings. The molecule has 2 fully saturated rings. The number of carbonyl (C=O) groups is 1. The molecule has 2 aliphatic heterocycles. The summed E-state index contributed by atoms with van der Waals surface area (Å²) in [6.45, 7) is 1.70. The molecule has 4 heterocycles. The monoisotopic (exact) mass is 492 g/mol. The zero-order valence-corrected chi connectivity index (χ0v) is 19.0. The summed E-state index contributed by atoms with van der Waals surface area (Å²) in [5.74, 6) is -1.38. The Morgan fingerprint density at radius 1 is 1.21 bits per heavy atom. The first-order valence-electron chi connectivity index (χ1n) is 11.1. The third kappa shape index (κ3) is 4.27. The van der Waals surface area contributed by atoms with Crippen molar-refractivity contribution in [2.75, 3.05) is 24.5 Å². The SMILES string of the molecule is O=C(NCc1ccccc1)C1CCCN1c1nc2c(=O)n([C@H]3CCNC3)c(C(F)(F)F)nc2s1. The van der Waals surface area contributed by atoms with E-state index in [-0.39, 0.29) is 22.8 Å². The molecule has 180 valence electrons. The van der Waals surface area contributed by atoms with Gasteiger partial charge in [-0.1, -0.05) is 41.7 Å². The lowest BCUT2D eigenvalue weighted by atomic mass is 10.2. The second-order valence-corrected chi connectivity index (χ2v) is 9.42. The molecule has 1 unspecified atom stereocenters. The average Bonchev–Trinajstić information content (AvgIpc) is 3.57. The van der Waals surface area contributed by atoms with Gasteiger partial charge >= 0.3 is 6.18 Å². The Balaban J connectivity index is 1.46. The predicted molar refractivity (Wildman–Crippen MR) is 122 cm³/mol. The first-order valence-corrected chi connectivity index (χ1v) is 11.9. The number of anilines is 1. The highest BCUT2D eigenvalue weighted by atomic mass is 32.1. The molecule has 2 saturated heterocycles. The Morgan fingerprint density at radius 3 is 2.71 bits per heavy atom. The average molecular weight is 493 g/mol. The van der Waals surface area contributed by atoms with E-state index in [1.807, 2.05) is 30.3 Å². The van der Waals surface area contributed by atoms with Crippen molar-refractivity contribution in [3.05, 3.63) is 52.1 Å². The van der Waals surface area contributed by atoms with E-state index in [1.54, 1.807) is 4.90 Å². The zero-order valence-electron chi connectivity index (χ0n) is 18.1. The van der Waals surface area contributed by atoms with Gasteiger partial charge in [-0.2, -0.15) is 13.2 Å². The quantitative estimate of drug-likeness (QED) is 0.569. The molecule has 12 heteroatoms. The van der Waals surface area contributed by atoms with Gasteiger partial charge in [0.25, 0.3) is 5.56 Å². The van der Waals surface area contributed by atoms with Crippen LogP contribution in [0.25, 0.3) is 10.3 Å². The molecule has 5 rings (SSSR count). The molecule has 2 atom stereocenters. The molecule has 8 nitrogen and oxygen atoms in total. The maximum absolute atomic E-state index is 13.8. The maximum atomic E-state index is 13.8. The van der Waals surface area contributed by atoms with E-state index in [0.717, 1.165) is 27.9 Å². The molecule has 0 bridgehead atoms. The normalized spacial score (nSPS) is 20.9. The number of nitrogens with one attached hydrogen (secondary N) is 2.